The summed E-state index contributed by atoms with van der Waals surface area (Å²) < 4.78 is 1.08. The molecule has 2 rings (SSSR count). The normalized spacial score (nSPS) is 17.4. The number of pyridine rings is 1. The molecule has 3 heteroatoms. The van der Waals surface area contributed by atoms with Crippen LogP contribution in [-0.2, 0) is 6.42 Å². The molecule has 1 aromatic rings. The van der Waals surface area contributed by atoms with Crippen LogP contribution in [0.15, 0.2) is 22.9 Å². The van der Waals surface area contributed by atoms with Gasteiger partial charge in [-0.3, -0.25) is 4.98 Å². The van der Waals surface area contributed by atoms with Crippen LogP contribution in [0.3, 0.4) is 0 Å². The van der Waals surface area contributed by atoms with Gasteiger partial charge in [0.2, 0.25) is 0 Å². The zero-order valence-electron chi connectivity index (χ0n) is 9.75. The van der Waals surface area contributed by atoms with Crippen molar-refractivity contribution in [3.05, 3.63) is 28.5 Å². The first-order chi connectivity index (χ1) is 7.74. The number of hydrogen-bond donors (Lipinski definition) is 1. The van der Waals surface area contributed by atoms with Crippen molar-refractivity contribution in [1.29, 1.82) is 0 Å². The van der Waals surface area contributed by atoms with Crippen LogP contribution in [0, 0.1) is 5.92 Å². The Labute approximate surface area is 106 Å². The Morgan fingerprint density at radius 3 is 3.00 bits per heavy atom. The van der Waals surface area contributed by atoms with Gasteiger partial charge in [-0.25, -0.2) is 0 Å². The third-order valence-corrected chi connectivity index (χ3v) is 3.45. The van der Waals surface area contributed by atoms with Gasteiger partial charge in [0.05, 0.1) is 0 Å². The largest absolute Gasteiger partial charge is 0.314 e. The molecule has 88 valence electrons. The lowest BCUT2D eigenvalue weighted by Gasteiger charge is -2.12. The van der Waals surface area contributed by atoms with Gasteiger partial charge in [0.15, 0.2) is 0 Å². The number of rotatable bonds is 6. The molecule has 0 radical (unpaired) electrons. The highest BCUT2D eigenvalue weighted by molar-refractivity contribution is 9.10. The highest BCUT2D eigenvalue weighted by Crippen LogP contribution is 2.19. The fourth-order valence-corrected chi connectivity index (χ4v) is 2.18. The molecule has 1 unspecified atom stereocenters. The van der Waals surface area contributed by atoms with E-state index in [1.54, 1.807) is 0 Å². The zero-order chi connectivity index (χ0) is 11.4. The van der Waals surface area contributed by atoms with Gasteiger partial charge in [-0.2, -0.15) is 0 Å². The summed E-state index contributed by atoms with van der Waals surface area (Å²) in [5.74, 6) is 0.750. The number of halogens is 1. The molecular weight excluding hydrogens is 264 g/mol. The maximum atomic E-state index is 4.18. The lowest BCUT2D eigenvalue weighted by molar-refractivity contribution is 0.479. The van der Waals surface area contributed by atoms with Gasteiger partial charge in [-0.05, 0) is 65.7 Å². The molecular formula is C13H19BrN2. The maximum Gasteiger partial charge on any atom is 0.0410 e. The first-order valence-corrected chi connectivity index (χ1v) is 6.86. The average molecular weight is 283 g/mol. The first kappa shape index (κ1) is 12.1. The maximum absolute atomic E-state index is 4.18. The van der Waals surface area contributed by atoms with Gasteiger partial charge in [0.1, 0.15) is 0 Å². The number of hydrogen-bond acceptors (Lipinski definition) is 2. The highest BCUT2D eigenvalue weighted by Gasteiger charge is 2.20. The monoisotopic (exact) mass is 282 g/mol. The van der Waals surface area contributed by atoms with E-state index >= 15 is 0 Å². The molecule has 1 N–H and O–H groups in total. The molecule has 0 bridgehead atoms. The second kappa shape index (κ2) is 5.78. The predicted molar refractivity (Wildman–Crippen MR) is 70.4 cm³/mol. The lowest BCUT2D eigenvalue weighted by Crippen LogP contribution is -2.23. The summed E-state index contributed by atoms with van der Waals surface area (Å²) in [6.45, 7) is 3.48. The molecule has 0 aliphatic heterocycles. The lowest BCUT2D eigenvalue weighted by atomic mass is 10.0. The van der Waals surface area contributed by atoms with E-state index in [0.717, 1.165) is 29.4 Å². The minimum Gasteiger partial charge on any atom is -0.314 e. The summed E-state index contributed by atoms with van der Waals surface area (Å²) >= 11 is 3.45. The third-order valence-electron chi connectivity index (χ3n) is 3.02. The third kappa shape index (κ3) is 4.22. The van der Waals surface area contributed by atoms with E-state index in [4.69, 9.17) is 0 Å². The van der Waals surface area contributed by atoms with Crippen molar-refractivity contribution in [1.82, 2.24) is 10.3 Å². The van der Waals surface area contributed by atoms with Crippen LogP contribution in [0.5, 0.6) is 0 Å². The molecule has 1 aromatic heterocycles. The van der Waals surface area contributed by atoms with Crippen LogP contribution in [0.25, 0.3) is 0 Å². The van der Waals surface area contributed by atoms with Crippen LogP contribution in [0.4, 0.5) is 0 Å². The van der Waals surface area contributed by atoms with Gasteiger partial charge in [-0.15, -0.1) is 0 Å². The molecule has 1 aliphatic carbocycles. The van der Waals surface area contributed by atoms with Crippen molar-refractivity contribution in [2.24, 2.45) is 5.92 Å². The van der Waals surface area contributed by atoms with Crippen LogP contribution in [0.2, 0.25) is 0 Å². The Balaban J connectivity index is 1.69. The summed E-state index contributed by atoms with van der Waals surface area (Å²) in [5.41, 5.74) is 1.33. The zero-order valence-corrected chi connectivity index (χ0v) is 11.3. The predicted octanol–water partition coefficient (Wildman–Crippen LogP) is 3.16. The average Bonchev–Trinajstić information content (AvgIpc) is 3.07. The second-order valence-electron chi connectivity index (χ2n) is 4.84. The summed E-state index contributed by atoms with van der Waals surface area (Å²) in [7, 11) is 0. The molecule has 0 saturated heterocycles. The number of nitrogens with one attached hydrogen (secondary N) is 1. The Hall–Kier alpha value is -0.410. The fraction of sp³-hybridized carbons (Fsp3) is 0.615. The van der Waals surface area contributed by atoms with E-state index < -0.39 is 0 Å². The second-order valence-corrected chi connectivity index (χ2v) is 5.75. The van der Waals surface area contributed by atoms with E-state index in [0.29, 0.717) is 0 Å². The van der Waals surface area contributed by atoms with Crippen LogP contribution >= 0.6 is 15.9 Å². The molecule has 0 spiro atoms. The van der Waals surface area contributed by atoms with Gasteiger partial charge < -0.3 is 5.32 Å². The van der Waals surface area contributed by atoms with Crippen molar-refractivity contribution in [2.75, 3.05) is 6.54 Å². The van der Waals surface area contributed by atoms with Crippen molar-refractivity contribution in [3.8, 4) is 0 Å². The van der Waals surface area contributed by atoms with E-state index in [9.17, 15) is 0 Å². The van der Waals surface area contributed by atoms with Crippen LogP contribution in [-0.4, -0.2) is 17.6 Å². The molecule has 2 nitrogen and oxygen atoms in total. The molecule has 0 aromatic carbocycles. The molecule has 1 saturated carbocycles. The quantitative estimate of drug-likeness (QED) is 0.867. The van der Waals surface area contributed by atoms with Crippen molar-refractivity contribution in [2.45, 2.75) is 38.6 Å². The Kier molecular flexibility index (Phi) is 4.36. The summed E-state index contributed by atoms with van der Waals surface area (Å²) in [6, 6.07) is 2.99. The van der Waals surface area contributed by atoms with Gasteiger partial charge >= 0.3 is 0 Å². The molecule has 1 fully saturated rings. The molecule has 1 aliphatic rings. The topological polar surface area (TPSA) is 24.9 Å². The minimum atomic E-state index is 0.750. The van der Waals surface area contributed by atoms with Crippen molar-refractivity contribution >= 4 is 15.9 Å². The van der Waals surface area contributed by atoms with Crippen molar-refractivity contribution in [3.63, 3.8) is 0 Å². The van der Waals surface area contributed by atoms with Crippen LogP contribution in [0.1, 0.15) is 31.7 Å². The first-order valence-electron chi connectivity index (χ1n) is 6.07. The molecule has 0 amide bonds. The number of nitrogens with zero attached hydrogens (tertiary/aromatic N) is 1. The van der Waals surface area contributed by atoms with E-state index in [1.807, 2.05) is 12.4 Å². The Morgan fingerprint density at radius 1 is 1.50 bits per heavy atom. The molecule has 1 heterocycles. The van der Waals surface area contributed by atoms with Crippen LogP contribution < -0.4 is 5.32 Å². The van der Waals surface area contributed by atoms with E-state index in [-0.39, 0.29) is 0 Å². The Bertz CT molecular complexity index is 336. The smallest absolute Gasteiger partial charge is 0.0410 e. The molecule has 16 heavy (non-hydrogen) atoms. The van der Waals surface area contributed by atoms with Gasteiger partial charge in [-0.1, -0.05) is 6.92 Å². The highest BCUT2D eigenvalue weighted by atomic mass is 79.9. The number of aryl methyl sites for hydroxylation is 1. The minimum absolute atomic E-state index is 0.750. The summed E-state index contributed by atoms with van der Waals surface area (Å²) in [6.07, 6.45) is 8.91. The standard InChI is InChI=1S/C13H19BrN2/c1-10(7-16-13-4-5-13)2-3-11-6-12(14)9-15-8-11/h6,8-10,13,16H,2-5,7H2,1H3. The van der Waals surface area contributed by atoms with Crippen molar-refractivity contribution < 1.29 is 0 Å². The summed E-state index contributed by atoms with van der Waals surface area (Å²) in [5, 5.41) is 3.58. The van der Waals surface area contributed by atoms with Gasteiger partial charge in [0, 0.05) is 22.9 Å². The number of aromatic nitrogens is 1. The fourth-order valence-electron chi connectivity index (χ4n) is 1.76. The Morgan fingerprint density at radius 2 is 2.31 bits per heavy atom. The van der Waals surface area contributed by atoms with Gasteiger partial charge in [0.25, 0.3) is 0 Å². The van der Waals surface area contributed by atoms with E-state index in [2.05, 4.69) is 39.2 Å². The summed E-state index contributed by atoms with van der Waals surface area (Å²) in [4.78, 5) is 4.18. The van der Waals surface area contributed by atoms with E-state index in [1.165, 1.54) is 24.8 Å². The molecule has 1 atom stereocenters. The SMILES string of the molecule is CC(CCc1cncc(Br)c1)CNC1CC1.